The summed E-state index contributed by atoms with van der Waals surface area (Å²) in [5.74, 6) is -0.196. The minimum absolute atomic E-state index is 0.354. The molecule has 9 heteroatoms. The van der Waals surface area contributed by atoms with Crippen LogP contribution in [-0.4, -0.2) is 52.2 Å². The maximum absolute atomic E-state index is 13.7. The number of aromatic nitrogens is 3. The highest BCUT2D eigenvalue weighted by molar-refractivity contribution is 8.00. The van der Waals surface area contributed by atoms with E-state index in [9.17, 15) is 9.18 Å². The van der Waals surface area contributed by atoms with Crippen LogP contribution in [0.25, 0.3) is 5.69 Å². The Kier molecular flexibility index (Phi) is 5.00. The maximum Gasteiger partial charge on any atom is 0.232 e. The SMILES string of the molecule is C[C@H](Sc1nnc(N2CCOCC2)n1-c1cccc(F)c1)C(N)=O. The van der Waals surface area contributed by atoms with Gasteiger partial charge in [-0.1, -0.05) is 17.8 Å². The van der Waals surface area contributed by atoms with Gasteiger partial charge < -0.3 is 15.4 Å². The normalized spacial score (nSPS) is 16.2. The molecule has 7 nitrogen and oxygen atoms in total. The second-order valence-electron chi connectivity index (χ2n) is 5.36. The van der Waals surface area contributed by atoms with Crippen molar-refractivity contribution in [2.24, 2.45) is 5.73 Å². The van der Waals surface area contributed by atoms with Crippen LogP contribution in [0.3, 0.4) is 0 Å². The van der Waals surface area contributed by atoms with Crippen LogP contribution < -0.4 is 10.6 Å². The number of morpholine rings is 1. The minimum Gasteiger partial charge on any atom is -0.378 e. The van der Waals surface area contributed by atoms with Gasteiger partial charge in [0.15, 0.2) is 5.16 Å². The molecule has 1 aliphatic heterocycles. The molecule has 1 fully saturated rings. The molecule has 1 amide bonds. The Morgan fingerprint density at radius 3 is 2.79 bits per heavy atom. The van der Waals surface area contributed by atoms with Crippen LogP contribution in [0.1, 0.15) is 6.92 Å². The molecule has 1 aromatic heterocycles. The summed E-state index contributed by atoms with van der Waals surface area (Å²) in [6.45, 7) is 4.23. The third kappa shape index (κ3) is 3.51. The molecule has 0 radical (unpaired) electrons. The van der Waals surface area contributed by atoms with E-state index in [1.165, 1.54) is 23.9 Å². The molecule has 1 aliphatic rings. The number of thioether (sulfide) groups is 1. The Hall–Kier alpha value is -2.13. The van der Waals surface area contributed by atoms with Gasteiger partial charge in [0.1, 0.15) is 5.82 Å². The fourth-order valence-corrected chi connectivity index (χ4v) is 3.18. The van der Waals surface area contributed by atoms with Gasteiger partial charge in [-0.2, -0.15) is 0 Å². The zero-order valence-electron chi connectivity index (χ0n) is 13.2. The van der Waals surface area contributed by atoms with Crippen molar-refractivity contribution in [1.29, 1.82) is 0 Å². The van der Waals surface area contributed by atoms with Crippen molar-refractivity contribution in [1.82, 2.24) is 14.8 Å². The highest BCUT2D eigenvalue weighted by atomic mass is 32.2. The van der Waals surface area contributed by atoms with Crippen LogP contribution in [-0.2, 0) is 9.53 Å². The van der Waals surface area contributed by atoms with E-state index < -0.39 is 11.2 Å². The van der Waals surface area contributed by atoms with Crippen LogP contribution >= 0.6 is 11.8 Å². The summed E-state index contributed by atoms with van der Waals surface area (Å²) >= 11 is 1.20. The molecule has 2 aromatic rings. The van der Waals surface area contributed by atoms with Gasteiger partial charge in [0.05, 0.1) is 24.2 Å². The van der Waals surface area contributed by atoms with Crippen LogP contribution in [0, 0.1) is 5.82 Å². The van der Waals surface area contributed by atoms with Crippen molar-refractivity contribution >= 4 is 23.6 Å². The van der Waals surface area contributed by atoms with Gasteiger partial charge in [-0.3, -0.25) is 9.36 Å². The molecular formula is C15H18FN5O2S. The van der Waals surface area contributed by atoms with Gasteiger partial charge >= 0.3 is 0 Å². The number of carbonyl (C=O) groups is 1. The van der Waals surface area contributed by atoms with E-state index in [0.717, 1.165) is 0 Å². The quantitative estimate of drug-likeness (QED) is 0.815. The van der Waals surface area contributed by atoms with E-state index in [1.807, 2.05) is 4.90 Å². The summed E-state index contributed by atoms with van der Waals surface area (Å²) in [4.78, 5) is 13.4. The van der Waals surface area contributed by atoms with E-state index in [0.29, 0.717) is 43.1 Å². The highest BCUT2D eigenvalue weighted by Crippen LogP contribution is 2.29. The van der Waals surface area contributed by atoms with E-state index in [1.54, 1.807) is 23.6 Å². The molecule has 1 saturated heterocycles. The number of hydrogen-bond acceptors (Lipinski definition) is 6. The predicted molar refractivity (Wildman–Crippen MR) is 88.9 cm³/mol. The third-order valence-electron chi connectivity index (χ3n) is 3.66. The Morgan fingerprint density at radius 1 is 1.38 bits per heavy atom. The van der Waals surface area contributed by atoms with Gasteiger partial charge in [0.2, 0.25) is 11.9 Å². The third-order valence-corrected chi connectivity index (χ3v) is 4.72. The summed E-state index contributed by atoms with van der Waals surface area (Å²) < 4.78 is 20.8. The van der Waals surface area contributed by atoms with E-state index in [2.05, 4.69) is 10.2 Å². The first-order chi connectivity index (χ1) is 11.6. The van der Waals surface area contributed by atoms with Crippen LogP contribution in [0.4, 0.5) is 10.3 Å². The molecule has 0 aliphatic carbocycles. The Bertz CT molecular complexity index is 732. The van der Waals surface area contributed by atoms with Crippen molar-refractivity contribution in [2.75, 3.05) is 31.2 Å². The second-order valence-corrected chi connectivity index (χ2v) is 6.67. The lowest BCUT2D eigenvalue weighted by Crippen LogP contribution is -2.38. The van der Waals surface area contributed by atoms with Crippen molar-refractivity contribution in [3.8, 4) is 5.69 Å². The fraction of sp³-hybridized carbons (Fsp3) is 0.400. The molecule has 128 valence electrons. The average molecular weight is 351 g/mol. The molecule has 0 unspecified atom stereocenters. The predicted octanol–water partition coefficient (Wildman–Crippen LogP) is 1.21. The number of nitrogens with two attached hydrogens (primary N) is 1. The molecule has 0 bridgehead atoms. The molecule has 0 spiro atoms. The summed E-state index contributed by atoms with van der Waals surface area (Å²) in [6.07, 6.45) is 0. The number of ether oxygens (including phenoxy) is 1. The number of rotatable bonds is 5. The van der Waals surface area contributed by atoms with Gasteiger partial charge in [-0.15, -0.1) is 10.2 Å². The van der Waals surface area contributed by atoms with Crippen molar-refractivity contribution in [2.45, 2.75) is 17.3 Å². The van der Waals surface area contributed by atoms with Gasteiger partial charge in [-0.25, -0.2) is 4.39 Å². The smallest absolute Gasteiger partial charge is 0.232 e. The standard InChI is InChI=1S/C15H18FN5O2S/c1-10(13(17)22)24-15-19-18-14(20-5-7-23-8-6-20)21(15)12-4-2-3-11(16)9-12/h2-4,9-10H,5-8H2,1H3,(H2,17,22)/t10-/m0/s1. The monoisotopic (exact) mass is 351 g/mol. The summed E-state index contributed by atoms with van der Waals surface area (Å²) in [7, 11) is 0. The van der Waals surface area contributed by atoms with Crippen molar-refractivity contribution in [3.63, 3.8) is 0 Å². The molecule has 2 heterocycles. The number of anilines is 1. The lowest BCUT2D eigenvalue weighted by molar-refractivity contribution is -0.117. The van der Waals surface area contributed by atoms with Crippen LogP contribution in [0.2, 0.25) is 0 Å². The number of benzene rings is 1. The number of carbonyl (C=O) groups excluding carboxylic acids is 1. The molecule has 1 atom stereocenters. The first kappa shape index (κ1) is 16.7. The lowest BCUT2D eigenvalue weighted by atomic mass is 10.3. The second kappa shape index (κ2) is 7.18. The topological polar surface area (TPSA) is 86.3 Å². The first-order valence-corrected chi connectivity index (χ1v) is 8.44. The Morgan fingerprint density at radius 2 is 2.12 bits per heavy atom. The molecule has 3 rings (SSSR count). The van der Waals surface area contributed by atoms with Crippen molar-refractivity contribution < 1.29 is 13.9 Å². The van der Waals surface area contributed by atoms with Gasteiger partial charge in [0, 0.05) is 13.1 Å². The van der Waals surface area contributed by atoms with E-state index >= 15 is 0 Å². The molecule has 1 aromatic carbocycles. The molecular weight excluding hydrogens is 333 g/mol. The average Bonchev–Trinajstić information content (AvgIpc) is 2.99. The first-order valence-electron chi connectivity index (χ1n) is 7.56. The van der Waals surface area contributed by atoms with Crippen LogP contribution in [0.5, 0.6) is 0 Å². The number of nitrogens with zero attached hydrogens (tertiary/aromatic N) is 4. The number of primary amides is 1. The molecule has 2 N–H and O–H groups in total. The summed E-state index contributed by atoms with van der Waals surface area (Å²) in [5, 5.41) is 8.45. The molecule has 24 heavy (non-hydrogen) atoms. The fourth-order valence-electron chi connectivity index (χ4n) is 2.36. The zero-order valence-corrected chi connectivity index (χ0v) is 14.0. The highest BCUT2D eigenvalue weighted by Gasteiger charge is 2.24. The maximum atomic E-state index is 13.7. The van der Waals surface area contributed by atoms with Gasteiger partial charge in [-0.05, 0) is 25.1 Å². The zero-order chi connectivity index (χ0) is 17.1. The van der Waals surface area contributed by atoms with E-state index in [-0.39, 0.29) is 5.82 Å². The molecule has 0 saturated carbocycles. The Balaban J connectivity index is 2.02. The largest absolute Gasteiger partial charge is 0.378 e. The van der Waals surface area contributed by atoms with Crippen LogP contribution in [0.15, 0.2) is 29.4 Å². The number of hydrogen-bond donors (Lipinski definition) is 1. The lowest BCUT2D eigenvalue weighted by Gasteiger charge is -2.28. The number of halogens is 1. The van der Waals surface area contributed by atoms with Gasteiger partial charge in [0.25, 0.3) is 0 Å². The van der Waals surface area contributed by atoms with E-state index in [4.69, 9.17) is 10.5 Å². The summed E-state index contributed by atoms with van der Waals surface area (Å²) in [5.41, 5.74) is 5.94. The van der Waals surface area contributed by atoms with Crippen molar-refractivity contribution in [3.05, 3.63) is 30.1 Å². The minimum atomic E-state index is -0.473. The number of amides is 1. The Labute approximate surface area is 143 Å². The summed E-state index contributed by atoms with van der Waals surface area (Å²) in [6, 6.07) is 6.18.